The summed E-state index contributed by atoms with van der Waals surface area (Å²) in [6, 6.07) is 11.9. The molecule has 1 N–H and O–H groups in total. The Bertz CT molecular complexity index is 1570. The van der Waals surface area contributed by atoms with Crippen LogP contribution >= 0.6 is 0 Å². The molecule has 40 heavy (non-hydrogen) atoms. The van der Waals surface area contributed by atoms with Crippen molar-refractivity contribution >= 4 is 23.6 Å². The molecule has 0 aliphatic rings. The van der Waals surface area contributed by atoms with Gasteiger partial charge in [0.1, 0.15) is 11.4 Å². The molecule has 0 spiro atoms. The van der Waals surface area contributed by atoms with Crippen LogP contribution in [-0.2, 0) is 9.53 Å². The van der Waals surface area contributed by atoms with E-state index >= 15 is 0 Å². The number of carbonyl (C=O) groups is 2. The standard InChI is InChI=1S/C18H16N2O6.C12H4.C2H4/c1-25-15-8-6-13(7-9-15)17(21)19-16(18(22)26-2)11-12-4-3-5-14(10-12)20(23)24;1-3-5-7-9-11-12-10-8-6-4-2;1-2/h3-11H,1-2H3,(H,19,21);1-2H2;1-2H2/b16-11-;;. The Morgan fingerprint density at radius 2 is 1.40 bits per heavy atom. The number of ether oxygens (including phenoxy) is 2. The second kappa shape index (κ2) is 20.8. The normalized spacial score (nSPS) is 8.20. The van der Waals surface area contributed by atoms with Crippen molar-refractivity contribution < 1.29 is 24.0 Å². The second-order valence-electron chi connectivity index (χ2n) is 6.44. The Morgan fingerprint density at radius 3 is 1.85 bits per heavy atom. The van der Waals surface area contributed by atoms with Gasteiger partial charge in [-0.2, -0.15) is 0 Å². The number of esters is 1. The van der Waals surface area contributed by atoms with Gasteiger partial charge in [-0.05, 0) is 94.9 Å². The predicted molar refractivity (Wildman–Crippen MR) is 151 cm³/mol. The van der Waals surface area contributed by atoms with Crippen LogP contribution in [0, 0.1) is 10.1 Å². The maximum Gasteiger partial charge on any atom is 0.354 e. The van der Waals surface area contributed by atoms with Crippen molar-refractivity contribution in [2.24, 2.45) is 0 Å². The molecule has 0 aliphatic heterocycles. The van der Waals surface area contributed by atoms with Gasteiger partial charge < -0.3 is 14.8 Å². The van der Waals surface area contributed by atoms with E-state index in [9.17, 15) is 19.7 Å². The fourth-order valence-corrected chi connectivity index (χ4v) is 2.36. The zero-order valence-corrected chi connectivity index (χ0v) is 21.9. The SMILES string of the molecule is C=C.C=C=C=C=C=C=C=C=C=C=C=C.COC(=O)/C(=C/c1cccc([N+](=O)[O-])c1)NC(=O)c1ccc(OC)cc1. The molecule has 2 rings (SSSR count). The minimum Gasteiger partial charge on any atom is -0.497 e. The van der Waals surface area contributed by atoms with Crippen LogP contribution in [0.3, 0.4) is 0 Å². The van der Waals surface area contributed by atoms with Crippen molar-refractivity contribution in [3.63, 3.8) is 0 Å². The largest absolute Gasteiger partial charge is 0.497 e. The molecule has 8 heteroatoms. The first kappa shape index (κ1) is 33.6. The number of amides is 1. The van der Waals surface area contributed by atoms with Gasteiger partial charge in [0.25, 0.3) is 11.6 Å². The van der Waals surface area contributed by atoms with E-state index in [1.165, 1.54) is 50.6 Å². The lowest BCUT2D eigenvalue weighted by atomic mass is 10.1. The second-order valence-corrected chi connectivity index (χ2v) is 6.44. The number of methoxy groups -OCH3 is 2. The van der Waals surface area contributed by atoms with Crippen LogP contribution in [-0.4, -0.2) is 31.0 Å². The van der Waals surface area contributed by atoms with Gasteiger partial charge in [-0.1, -0.05) is 23.6 Å². The van der Waals surface area contributed by atoms with Crippen LogP contribution in [0.5, 0.6) is 5.75 Å². The highest BCUT2D eigenvalue weighted by Gasteiger charge is 2.16. The molecule has 0 bridgehead atoms. The van der Waals surface area contributed by atoms with Crippen molar-refractivity contribution in [2.45, 2.75) is 0 Å². The van der Waals surface area contributed by atoms with E-state index in [-0.39, 0.29) is 11.4 Å². The third kappa shape index (κ3) is 13.6. The van der Waals surface area contributed by atoms with Gasteiger partial charge in [-0.15, -0.1) is 13.2 Å². The van der Waals surface area contributed by atoms with E-state index in [1.54, 1.807) is 18.2 Å². The summed E-state index contributed by atoms with van der Waals surface area (Å²) in [6.45, 7) is 12.6. The van der Waals surface area contributed by atoms with Crippen LogP contribution in [0.1, 0.15) is 15.9 Å². The maximum absolute atomic E-state index is 12.3. The molecule has 0 aromatic heterocycles. The molecule has 0 heterocycles. The first-order valence-electron chi connectivity index (χ1n) is 10.9. The number of nitrogens with zero attached hydrogens (tertiary/aromatic N) is 1. The van der Waals surface area contributed by atoms with Gasteiger partial charge in [0.15, 0.2) is 0 Å². The molecule has 0 saturated heterocycles. The number of carbonyl (C=O) groups excluding carboxylic acids is 2. The first-order chi connectivity index (χ1) is 19.4. The highest BCUT2D eigenvalue weighted by Crippen LogP contribution is 2.16. The van der Waals surface area contributed by atoms with Crippen molar-refractivity contribution in [3.8, 4) is 5.75 Å². The lowest BCUT2D eigenvalue weighted by molar-refractivity contribution is -0.384. The zero-order valence-electron chi connectivity index (χ0n) is 21.9. The van der Waals surface area contributed by atoms with Crippen molar-refractivity contribution in [2.75, 3.05) is 14.2 Å². The van der Waals surface area contributed by atoms with Crippen LogP contribution in [0.2, 0.25) is 0 Å². The number of nitro benzene ring substituents is 1. The summed E-state index contributed by atoms with van der Waals surface area (Å²) in [5, 5.41) is 13.3. The Labute approximate surface area is 232 Å². The number of rotatable bonds is 6. The van der Waals surface area contributed by atoms with Crippen molar-refractivity contribution in [3.05, 3.63) is 159 Å². The lowest BCUT2D eigenvalue weighted by Gasteiger charge is -2.09. The fourth-order valence-electron chi connectivity index (χ4n) is 2.36. The third-order valence-electron chi connectivity index (χ3n) is 4.01. The summed E-state index contributed by atoms with van der Waals surface area (Å²) < 4.78 is 9.68. The Kier molecular flexibility index (Phi) is 17.4. The summed E-state index contributed by atoms with van der Waals surface area (Å²) in [7, 11) is 2.68. The molecule has 1 amide bonds. The Morgan fingerprint density at radius 1 is 0.875 bits per heavy atom. The average Bonchev–Trinajstić information content (AvgIpc) is 2.99. The summed E-state index contributed by atoms with van der Waals surface area (Å²) >= 11 is 0. The fraction of sp³-hybridized carbons (Fsp3) is 0.0625. The molecule has 8 nitrogen and oxygen atoms in total. The van der Waals surface area contributed by atoms with Crippen molar-refractivity contribution in [1.82, 2.24) is 5.32 Å². The maximum atomic E-state index is 12.3. The van der Waals surface area contributed by atoms with E-state index < -0.39 is 16.8 Å². The predicted octanol–water partition coefficient (Wildman–Crippen LogP) is 5.70. The molecule has 198 valence electrons. The lowest BCUT2D eigenvalue weighted by Crippen LogP contribution is -2.28. The number of nitro groups is 1. The van der Waals surface area contributed by atoms with Gasteiger partial charge in [0.05, 0.1) is 19.1 Å². The molecule has 0 atom stereocenters. The molecular weight excluding hydrogens is 508 g/mol. The number of nitrogens with one attached hydrogen (secondary N) is 1. The number of hydrogen-bond donors (Lipinski definition) is 1. The molecule has 2 aromatic rings. The number of non-ortho nitro benzene ring substituents is 1. The monoisotopic (exact) mass is 532 g/mol. The van der Waals surface area contributed by atoms with Gasteiger partial charge in [-0.25, -0.2) is 4.79 Å². The van der Waals surface area contributed by atoms with Crippen LogP contribution < -0.4 is 10.1 Å². The Balaban J connectivity index is 0.000000916. The van der Waals surface area contributed by atoms with E-state index in [0.717, 1.165) is 0 Å². The van der Waals surface area contributed by atoms with E-state index in [4.69, 9.17) is 4.74 Å². The minimum absolute atomic E-state index is 0.135. The molecule has 0 radical (unpaired) electrons. The molecule has 2 aromatic carbocycles. The van der Waals surface area contributed by atoms with E-state index in [1.807, 2.05) is 0 Å². The van der Waals surface area contributed by atoms with Gasteiger partial charge in [0.2, 0.25) is 0 Å². The summed E-state index contributed by atoms with van der Waals surface area (Å²) in [4.78, 5) is 34.6. The van der Waals surface area contributed by atoms with Crippen LogP contribution in [0.15, 0.2) is 138 Å². The Hall–Kier alpha value is -6.40. The molecular formula is C32H24N2O6. The van der Waals surface area contributed by atoms with Gasteiger partial charge >= 0.3 is 5.97 Å². The highest BCUT2D eigenvalue weighted by molar-refractivity contribution is 6.03. The molecule has 0 fully saturated rings. The average molecular weight is 533 g/mol. The van der Waals surface area contributed by atoms with E-state index in [2.05, 4.69) is 93.7 Å². The smallest absolute Gasteiger partial charge is 0.354 e. The van der Waals surface area contributed by atoms with E-state index in [0.29, 0.717) is 16.9 Å². The van der Waals surface area contributed by atoms with Crippen molar-refractivity contribution in [1.29, 1.82) is 0 Å². The first-order valence-corrected chi connectivity index (χ1v) is 10.9. The third-order valence-corrected chi connectivity index (χ3v) is 4.01. The zero-order chi connectivity index (χ0) is 30.2. The quantitative estimate of drug-likeness (QED) is 0.128. The summed E-state index contributed by atoms with van der Waals surface area (Å²) in [5.41, 5.74) is 24.8. The van der Waals surface area contributed by atoms with Gasteiger partial charge in [-0.3, -0.25) is 14.9 Å². The number of benzene rings is 2. The van der Waals surface area contributed by atoms with Gasteiger partial charge in [0, 0.05) is 17.7 Å². The van der Waals surface area contributed by atoms with Crippen LogP contribution in [0.25, 0.3) is 6.08 Å². The molecule has 0 aliphatic carbocycles. The minimum atomic E-state index is -0.779. The molecule has 0 unspecified atom stereocenters. The summed E-state index contributed by atoms with van der Waals surface area (Å²) in [5.74, 6) is -0.727. The number of hydrogen-bond acceptors (Lipinski definition) is 6. The van der Waals surface area contributed by atoms with Crippen LogP contribution in [0.4, 0.5) is 5.69 Å². The summed E-state index contributed by atoms with van der Waals surface area (Å²) in [6.07, 6.45) is 1.31. The topological polar surface area (TPSA) is 108 Å². The highest BCUT2D eigenvalue weighted by atomic mass is 16.6. The molecule has 0 saturated carbocycles.